The van der Waals surface area contributed by atoms with Crippen molar-refractivity contribution in [3.8, 4) is 0 Å². The fourth-order valence-corrected chi connectivity index (χ4v) is 3.71. The Balaban J connectivity index is 3.08. The number of aliphatic hydroxyl groups excluding tert-OH is 1. The summed E-state index contributed by atoms with van der Waals surface area (Å²) >= 11 is 11.2. The quantitative estimate of drug-likeness (QED) is 0.780. The molecule has 2 N–H and O–H groups in total. The average Bonchev–Trinajstić information content (AvgIpc) is 2.33. The molecule has 0 radical (unpaired) electrons. The van der Waals surface area contributed by atoms with Crippen LogP contribution in [0.15, 0.2) is 17.0 Å². The van der Waals surface area contributed by atoms with E-state index in [-0.39, 0.29) is 17.5 Å². The number of hydrogen-bond donors (Lipinski definition) is 2. The highest BCUT2D eigenvalue weighted by molar-refractivity contribution is 7.89. The Kier molecular flexibility index (Phi) is 6.22. The van der Waals surface area contributed by atoms with Gasteiger partial charge in [0.1, 0.15) is 4.90 Å². The van der Waals surface area contributed by atoms with Crippen molar-refractivity contribution in [1.29, 1.82) is 0 Å². The van der Waals surface area contributed by atoms with Crippen LogP contribution in [-0.2, 0) is 10.0 Å². The molecule has 1 unspecified atom stereocenters. The summed E-state index contributed by atoms with van der Waals surface area (Å²) in [7, 11) is -4.03. The number of aliphatic hydroxyl groups is 1. The van der Waals surface area contributed by atoms with Crippen molar-refractivity contribution in [2.24, 2.45) is 5.92 Å². The number of nitrogens with one attached hydrogen (secondary N) is 1. The van der Waals surface area contributed by atoms with Crippen LogP contribution in [0.2, 0.25) is 10.0 Å². The molecular formula is C12H16Cl2FNO3S. The third kappa shape index (κ3) is 4.30. The van der Waals surface area contributed by atoms with Crippen molar-refractivity contribution in [2.75, 3.05) is 6.61 Å². The Morgan fingerprint density at radius 2 is 1.95 bits per heavy atom. The molecule has 0 bridgehead atoms. The summed E-state index contributed by atoms with van der Waals surface area (Å²) < 4.78 is 40.2. The molecule has 0 aliphatic heterocycles. The summed E-state index contributed by atoms with van der Waals surface area (Å²) in [6.45, 7) is 3.43. The van der Waals surface area contributed by atoms with Gasteiger partial charge < -0.3 is 5.11 Å². The Morgan fingerprint density at radius 3 is 2.45 bits per heavy atom. The minimum atomic E-state index is -4.03. The SMILES string of the molecule is CC(C)CC(CO)NS(=O)(=O)c1ccc(Cl)c(F)c1Cl. The first-order valence-electron chi connectivity index (χ1n) is 5.95. The second-order valence-corrected chi connectivity index (χ2v) is 7.27. The second-order valence-electron chi connectivity index (χ2n) is 4.80. The van der Waals surface area contributed by atoms with E-state index in [0.29, 0.717) is 6.42 Å². The van der Waals surface area contributed by atoms with Gasteiger partial charge in [-0.05, 0) is 24.5 Å². The van der Waals surface area contributed by atoms with E-state index < -0.39 is 31.8 Å². The molecule has 1 aromatic carbocycles. The third-order valence-corrected chi connectivity index (χ3v) is 4.92. The molecule has 1 atom stereocenters. The zero-order chi connectivity index (χ0) is 15.5. The molecule has 114 valence electrons. The van der Waals surface area contributed by atoms with Crippen LogP contribution < -0.4 is 4.72 Å². The molecule has 0 aliphatic rings. The first-order chi connectivity index (χ1) is 9.19. The molecule has 8 heteroatoms. The lowest BCUT2D eigenvalue weighted by molar-refractivity contribution is 0.240. The standard InChI is InChI=1S/C12H16Cl2FNO3S/c1-7(2)5-8(6-17)16-20(18,19)10-4-3-9(13)12(15)11(10)14/h3-4,7-8,16-17H,5-6H2,1-2H3. The van der Waals surface area contributed by atoms with Crippen molar-refractivity contribution in [1.82, 2.24) is 4.72 Å². The molecule has 0 fully saturated rings. The van der Waals surface area contributed by atoms with Gasteiger partial charge in [-0.15, -0.1) is 0 Å². The second kappa shape index (κ2) is 7.04. The molecule has 0 heterocycles. The number of hydrogen-bond acceptors (Lipinski definition) is 3. The lowest BCUT2D eigenvalue weighted by atomic mass is 10.1. The van der Waals surface area contributed by atoms with E-state index >= 15 is 0 Å². The Bertz CT molecular complexity index is 578. The van der Waals surface area contributed by atoms with E-state index in [1.54, 1.807) is 0 Å². The lowest BCUT2D eigenvalue weighted by Crippen LogP contribution is -2.38. The molecule has 1 rings (SSSR count). The topological polar surface area (TPSA) is 66.4 Å². The van der Waals surface area contributed by atoms with E-state index in [9.17, 15) is 17.9 Å². The summed E-state index contributed by atoms with van der Waals surface area (Å²) in [5.74, 6) is -0.798. The van der Waals surface area contributed by atoms with Crippen LogP contribution >= 0.6 is 23.2 Å². The summed E-state index contributed by atoms with van der Waals surface area (Å²) in [6, 6.07) is 1.59. The Hall–Kier alpha value is -0.400. The van der Waals surface area contributed by atoms with Gasteiger partial charge in [-0.2, -0.15) is 0 Å². The highest BCUT2D eigenvalue weighted by Gasteiger charge is 2.25. The predicted octanol–water partition coefficient (Wildman–Crippen LogP) is 2.82. The predicted molar refractivity (Wildman–Crippen MR) is 77.1 cm³/mol. The van der Waals surface area contributed by atoms with Gasteiger partial charge in [0.15, 0.2) is 5.82 Å². The number of halogens is 3. The zero-order valence-corrected chi connectivity index (χ0v) is 13.4. The van der Waals surface area contributed by atoms with E-state index in [2.05, 4.69) is 4.72 Å². The van der Waals surface area contributed by atoms with E-state index in [1.165, 1.54) is 0 Å². The maximum absolute atomic E-state index is 13.5. The number of sulfonamides is 1. The van der Waals surface area contributed by atoms with Crippen LogP contribution in [0.25, 0.3) is 0 Å². The molecule has 0 aliphatic carbocycles. The van der Waals surface area contributed by atoms with Crippen molar-refractivity contribution >= 4 is 33.2 Å². The van der Waals surface area contributed by atoms with Crippen LogP contribution in [0.1, 0.15) is 20.3 Å². The van der Waals surface area contributed by atoms with Crippen LogP contribution in [0, 0.1) is 11.7 Å². The fourth-order valence-electron chi connectivity index (χ4n) is 1.73. The minimum Gasteiger partial charge on any atom is -0.395 e. The maximum atomic E-state index is 13.5. The van der Waals surface area contributed by atoms with Crippen LogP contribution in [0.4, 0.5) is 4.39 Å². The molecule has 0 aromatic heterocycles. The molecule has 0 amide bonds. The highest BCUT2D eigenvalue weighted by Crippen LogP contribution is 2.29. The highest BCUT2D eigenvalue weighted by atomic mass is 35.5. The van der Waals surface area contributed by atoms with Crippen LogP contribution in [0.3, 0.4) is 0 Å². The number of benzene rings is 1. The molecule has 1 aromatic rings. The van der Waals surface area contributed by atoms with Crippen molar-refractivity contribution in [3.05, 3.63) is 28.0 Å². The van der Waals surface area contributed by atoms with Crippen LogP contribution in [-0.4, -0.2) is 26.2 Å². The third-order valence-electron chi connectivity index (χ3n) is 2.59. The number of rotatable bonds is 6. The van der Waals surface area contributed by atoms with Gasteiger partial charge in [-0.1, -0.05) is 37.0 Å². The van der Waals surface area contributed by atoms with Crippen molar-refractivity contribution in [2.45, 2.75) is 31.2 Å². The summed E-state index contributed by atoms with van der Waals surface area (Å²) in [4.78, 5) is -0.400. The summed E-state index contributed by atoms with van der Waals surface area (Å²) in [6.07, 6.45) is 0.448. The summed E-state index contributed by atoms with van der Waals surface area (Å²) in [5.41, 5.74) is 0. The van der Waals surface area contributed by atoms with Crippen LogP contribution in [0.5, 0.6) is 0 Å². The molecular weight excluding hydrogens is 328 g/mol. The lowest BCUT2D eigenvalue weighted by Gasteiger charge is -2.18. The van der Waals surface area contributed by atoms with Crippen molar-refractivity contribution < 1.29 is 17.9 Å². The van der Waals surface area contributed by atoms with Gasteiger partial charge >= 0.3 is 0 Å². The molecule has 4 nitrogen and oxygen atoms in total. The Morgan fingerprint density at radius 1 is 1.35 bits per heavy atom. The zero-order valence-electron chi connectivity index (χ0n) is 11.0. The molecule has 20 heavy (non-hydrogen) atoms. The van der Waals surface area contributed by atoms with Gasteiger partial charge in [0.05, 0.1) is 16.7 Å². The van der Waals surface area contributed by atoms with Gasteiger partial charge in [0.25, 0.3) is 0 Å². The monoisotopic (exact) mass is 343 g/mol. The first kappa shape index (κ1) is 17.7. The van der Waals surface area contributed by atoms with E-state index in [1.807, 2.05) is 13.8 Å². The molecule has 0 spiro atoms. The van der Waals surface area contributed by atoms with Gasteiger partial charge in [0, 0.05) is 6.04 Å². The van der Waals surface area contributed by atoms with E-state index in [4.69, 9.17) is 23.2 Å². The Labute approximate surface area is 127 Å². The molecule has 0 saturated heterocycles. The molecule has 0 saturated carbocycles. The maximum Gasteiger partial charge on any atom is 0.242 e. The minimum absolute atomic E-state index is 0.187. The van der Waals surface area contributed by atoms with E-state index in [0.717, 1.165) is 12.1 Å². The normalized spacial score (nSPS) is 13.8. The smallest absolute Gasteiger partial charge is 0.242 e. The van der Waals surface area contributed by atoms with Gasteiger partial charge in [0.2, 0.25) is 10.0 Å². The van der Waals surface area contributed by atoms with Gasteiger partial charge in [-0.25, -0.2) is 17.5 Å². The largest absolute Gasteiger partial charge is 0.395 e. The summed E-state index contributed by atoms with van der Waals surface area (Å²) in [5, 5.41) is 8.38. The first-order valence-corrected chi connectivity index (χ1v) is 8.19. The van der Waals surface area contributed by atoms with Gasteiger partial charge in [-0.3, -0.25) is 0 Å². The van der Waals surface area contributed by atoms with Crippen molar-refractivity contribution in [3.63, 3.8) is 0 Å². The average molecular weight is 344 g/mol. The fraction of sp³-hybridized carbons (Fsp3) is 0.500.